The number of aliphatic carboxylic acids is 1. The van der Waals surface area contributed by atoms with Gasteiger partial charge in [0.05, 0.1) is 25.7 Å². The van der Waals surface area contributed by atoms with Crippen molar-refractivity contribution >= 4 is 41.5 Å². The van der Waals surface area contributed by atoms with Gasteiger partial charge in [-0.05, 0) is 38.0 Å². The second-order valence-corrected chi connectivity index (χ2v) is 10.1. The molecule has 41 heavy (non-hydrogen) atoms. The van der Waals surface area contributed by atoms with Crippen LogP contribution in [0.1, 0.15) is 46.0 Å². The van der Waals surface area contributed by atoms with E-state index in [0.717, 1.165) is 0 Å². The van der Waals surface area contributed by atoms with Gasteiger partial charge in [0.2, 0.25) is 29.5 Å². The number of guanidine groups is 1. The average Bonchev–Trinajstić information content (AvgIpc) is 3.39. The molecule has 1 aliphatic rings. The van der Waals surface area contributed by atoms with Gasteiger partial charge < -0.3 is 53.6 Å². The average molecular weight is 586 g/mol. The van der Waals surface area contributed by atoms with E-state index in [-0.39, 0.29) is 30.8 Å². The summed E-state index contributed by atoms with van der Waals surface area (Å²) in [6.07, 6.45) is 1.88. The zero-order valence-electron chi connectivity index (χ0n) is 23.4. The fourth-order valence-corrected chi connectivity index (χ4v) is 4.13. The molecule has 232 valence electrons. The lowest BCUT2D eigenvalue weighted by molar-refractivity contribution is -0.142. The third kappa shape index (κ3) is 12.8. The molecule has 0 aromatic heterocycles. The molecule has 0 aromatic carbocycles. The van der Waals surface area contributed by atoms with E-state index in [1.807, 2.05) is 19.2 Å². The number of carboxylic acid groups (broad SMARTS) is 1. The second-order valence-electron chi connectivity index (χ2n) is 10.1. The Morgan fingerprint density at radius 1 is 1.00 bits per heavy atom. The Kier molecular flexibility index (Phi) is 15.1. The van der Waals surface area contributed by atoms with Gasteiger partial charge in [-0.15, -0.1) is 0 Å². The Hall–Kier alpha value is -3.99. The Morgan fingerprint density at radius 3 is 2.24 bits per heavy atom. The standard InChI is InChI=1S/C24H43N9O8/c1-13(2)9-14(25)22(39)33-8-4-6-17(33)21(38)32-15(5-3-7-28-24(26)27)20(37)30-10-18(35)29-11-19(36)31-16(12-34)23(40)41/h13-17,34H,3-12,25H2,1-2H3,(H,29,35)(H,30,37)(H,31,36)(H,32,38)(H,40,41)(H4,26,27,28)/t14-,15+,16+,17+/m1/s1. The van der Waals surface area contributed by atoms with Crippen molar-refractivity contribution in [3.63, 3.8) is 0 Å². The number of rotatable bonds is 17. The van der Waals surface area contributed by atoms with Crippen molar-refractivity contribution < 1.29 is 39.0 Å². The summed E-state index contributed by atoms with van der Waals surface area (Å²) in [5.74, 6) is -4.58. The number of aliphatic hydroxyl groups excluding tert-OH is 1. The van der Waals surface area contributed by atoms with Crippen LogP contribution in [-0.4, -0.2) is 114 Å². The van der Waals surface area contributed by atoms with Gasteiger partial charge in [-0.2, -0.15) is 0 Å². The minimum Gasteiger partial charge on any atom is -0.480 e. The predicted octanol–water partition coefficient (Wildman–Crippen LogP) is -4.32. The van der Waals surface area contributed by atoms with Gasteiger partial charge in [0.15, 0.2) is 5.96 Å². The summed E-state index contributed by atoms with van der Waals surface area (Å²) in [7, 11) is 0. The number of carbonyl (C=O) groups excluding carboxylic acids is 5. The van der Waals surface area contributed by atoms with Gasteiger partial charge in [0, 0.05) is 13.1 Å². The van der Waals surface area contributed by atoms with Crippen LogP contribution < -0.4 is 38.5 Å². The van der Waals surface area contributed by atoms with E-state index in [1.54, 1.807) is 0 Å². The first kappa shape index (κ1) is 35.0. The first-order chi connectivity index (χ1) is 19.3. The van der Waals surface area contributed by atoms with Crippen molar-refractivity contribution in [1.29, 1.82) is 0 Å². The number of likely N-dealkylation sites (tertiary alicyclic amines) is 1. The van der Waals surface area contributed by atoms with Gasteiger partial charge in [0.1, 0.15) is 18.1 Å². The van der Waals surface area contributed by atoms with E-state index < -0.39 is 73.5 Å². The zero-order chi connectivity index (χ0) is 31.1. The molecule has 1 heterocycles. The first-order valence-corrected chi connectivity index (χ1v) is 13.4. The first-order valence-electron chi connectivity index (χ1n) is 13.4. The van der Waals surface area contributed by atoms with Crippen molar-refractivity contribution in [3.05, 3.63) is 0 Å². The highest BCUT2D eigenvalue weighted by molar-refractivity contribution is 5.95. The lowest BCUT2D eigenvalue weighted by Crippen LogP contribution is -2.56. The van der Waals surface area contributed by atoms with E-state index in [0.29, 0.717) is 32.2 Å². The molecular weight excluding hydrogens is 542 g/mol. The lowest BCUT2D eigenvalue weighted by atomic mass is 10.0. The highest BCUT2D eigenvalue weighted by Crippen LogP contribution is 2.20. The number of nitrogens with one attached hydrogen (secondary N) is 4. The van der Waals surface area contributed by atoms with Crippen molar-refractivity contribution in [2.24, 2.45) is 28.1 Å². The molecule has 0 aliphatic carbocycles. The number of aliphatic imine (C=N–C) groups is 1. The third-order valence-corrected chi connectivity index (χ3v) is 6.14. The SMILES string of the molecule is CC(C)C[C@@H](N)C(=O)N1CCC[C@H]1C(=O)N[C@@H](CCCN=C(N)N)C(=O)NCC(=O)NCC(=O)N[C@@H](CO)C(=O)O. The molecule has 1 rings (SSSR count). The van der Waals surface area contributed by atoms with Crippen molar-refractivity contribution in [2.75, 3.05) is 32.8 Å². The van der Waals surface area contributed by atoms with Crippen LogP contribution in [0.3, 0.4) is 0 Å². The number of hydrogen-bond acceptors (Lipinski definition) is 9. The summed E-state index contributed by atoms with van der Waals surface area (Å²) in [4.78, 5) is 79.0. The quantitative estimate of drug-likeness (QED) is 0.0447. The topological polar surface area (TPSA) is 285 Å². The molecule has 17 heteroatoms. The number of aliphatic hydroxyl groups is 1. The molecule has 0 saturated carbocycles. The molecule has 12 N–H and O–H groups in total. The summed E-state index contributed by atoms with van der Waals surface area (Å²) in [6.45, 7) is 2.44. The molecule has 0 bridgehead atoms. The number of amides is 5. The Labute approximate surface area is 238 Å². The molecule has 0 unspecified atom stereocenters. The molecule has 0 radical (unpaired) electrons. The summed E-state index contributed by atoms with van der Waals surface area (Å²) in [5.41, 5.74) is 16.7. The molecule has 1 fully saturated rings. The van der Waals surface area contributed by atoms with Crippen LogP contribution in [0.4, 0.5) is 0 Å². The predicted molar refractivity (Wildman–Crippen MR) is 147 cm³/mol. The molecular formula is C24H43N9O8. The number of nitrogens with two attached hydrogens (primary N) is 3. The van der Waals surface area contributed by atoms with Gasteiger partial charge in [-0.3, -0.25) is 29.0 Å². The lowest BCUT2D eigenvalue weighted by Gasteiger charge is -2.28. The number of carboxylic acids is 1. The highest BCUT2D eigenvalue weighted by Gasteiger charge is 2.37. The van der Waals surface area contributed by atoms with E-state index in [9.17, 15) is 28.8 Å². The number of nitrogens with zero attached hydrogens (tertiary/aromatic N) is 2. The van der Waals surface area contributed by atoms with Gasteiger partial charge >= 0.3 is 5.97 Å². The minimum atomic E-state index is -1.53. The van der Waals surface area contributed by atoms with Gasteiger partial charge in [-0.1, -0.05) is 13.8 Å². The van der Waals surface area contributed by atoms with Crippen LogP contribution in [0.5, 0.6) is 0 Å². The van der Waals surface area contributed by atoms with Crippen LogP contribution in [0.15, 0.2) is 4.99 Å². The normalized spacial score (nSPS) is 16.7. The summed E-state index contributed by atoms with van der Waals surface area (Å²) in [5, 5.41) is 27.0. The summed E-state index contributed by atoms with van der Waals surface area (Å²) >= 11 is 0. The highest BCUT2D eigenvalue weighted by atomic mass is 16.4. The van der Waals surface area contributed by atoms with E-state index in [2.05, 4.69) is 20.9 Å². The third-order valence-electron chi connectivity index (χ3n) is 6.14. The van der Waals surface area contributed by atoms with Crippen LogP contribution in [-0.2, 0) is 28.8 Å². The van der Waals surface area contributed by atoms with Gasteiger partial charge in [-0.25, -0.2) is 4.79 Å². The van der Waals surface area contributed by atoms with E-state index in [1.165, 1.54) is 4.90 Å². The van der Waals surface area contributed by atoms with Crippen molar-refractivity contribution in [3.8, 4) is 0 Å². The Bertz CT molecular complexity index is 971. The van der Waals surface area contributed by atoms with E-state index in [4.69, 9.17) is 27.4 Å². The summed E-state index contributed by atoms with van der Waals surface area (Å²) < 4.78 is 0. The Balaban J connectivity index is 2.78. The summed E-state index contributed by atoms with van der Waals surface area (Å²) in [6, 6.07) is -4.17. The molecule has 4 atom stereocenters. The van der Waals surface area contributed by atoms with Gasteiger partial charge in [0.25, 0.3) is 0 Å². The number of carbonyl (C=O) groups is 6. The molecule has 0 spiro atoms. The fraction of sp³-hybridized carbons (Fsp3) is 0.708. The Morgan fingerprint density at radius 2 is 1.66 bits per heavy atom. The van der Waals surface area contributed by atoms with Crippen LogP contribution >= 0.6 is 0 Å². The fourth-order valence-electron chi connectivity index (χ4n) is 4.13. The second kappa shape index (κ2) is 17.6. The minimum absolute atomic E-state index is 0.115. The smallest absolute Gasteiger partial charge is 0.328 e. The molecule has 5 amide bonds. The maximum atomic E-state index is 13.2. The van der Waals surface area contributed by atoms with Crippen LogP contribution in [0, 0.1) is 5.92 Å². The zero-order valence-corrected chi connectivity index (χ0v) is 23.4. The maximum Gasteiger partial charge on any atom is 0.328 e. The maximum absolute atomic E-state index is 13.2. The molecule has 1 aliphatic heterocycles. The molecule has 0 aromatic rings. The van der Waals surface area contributed by atoms with Crippen LogP contribution in [0.25, 0.3) is 0 Å². The van der Waals surface area contributed by atoms with Crippen LogP contribution in [0.2, 0.25) is 0 Å². The molecule has 1 saturated heterocycles. The van der Waals surface area contributed by atoms with E-state index >= 15 is 0 Å². The largest absolute Gasteiger partial charge is 0.480 e. The molecule has 17 nitrogen and oxygen atoms in total. The van der Waals surface area contributed by atoms with Crippen molar-refractivity contribution in [1.82, 2.24) is 26.2 Å². The monoisotopic (exact) mass is 585 g/mol. The number of hydrogen-bond donors (Lipinski definition) is 9. The van der Waals surface area contributed by atoms with Crippen molar-refractivity contribution in [2.45, 2.75) is 70.1 Å².